The number of amides is 2. The zero-order valence-electron chi connectivity index (χ0n) is 19.1. The Hall–Kier alpha value is -3.80. The van der Waals surface area contributed by atoms with Gasteiger partial charge < -0.3 is 20.7 Å². The molecular weight excluding hydrogens is 414 g/mol. The van der Waals surface area contributed by atoms with Crippen LogP contribution < -0.4 is 20.7 Å². The lowest BCUT2D eigenvalue weighted by Gasteiger charge is -2.11. The number of carbonyl (C=O) groups excluding carboxylic acids is 2. The van der Waals surface area contributed by atoms with Crippen LogP contribution >= 0.6 is 0 Å². The number of nitrogens with one attached hydrogen (secondary N) is 3. The molecule has 0 bridgehead atoms. The fraction of sp³-hybridized carbons (Fsp3) is 0.259. The SMILES string of the molecule is CC(C)C(=O)Nc1cccc(NCC(=O)Nc2ccc(OCCCc3ccccc3)cc2)c1. The van der Waals surface area contributed by atoms with Crippen LogP contribution in [0.15, 0.2) is 78.9 Å². The smallest absolute Gasteiger partial charge is 0.243 e. The maximum Gasteiger partial charge on any atom is 0.243 e. The Bertz CT molecular complexity index is 1030. The molecule has 0 fully saturated rings. The molecule has 3 N–H and O–H groups in total. The second kappa shape index (κ2) is 12.3. The van der Waals surface area contributed by atoms with E-state index in [0.29, 0.717) is 18.0 Å². The number of hydrogen-bond donors (Lipinski definition) is 3. The third kappa shape index (κ3) is 8.33. The van der Waals surface area contributed by atoms with E-state index in [1.807, 2.05) is 74.5 Å². The van der Waals surface area contributed by atoms with Crippen LogP contribution in [0.4, 0.5) is 17.1 Å². The number of hydrogen-bond acceptors (Lipinski definition) is 4. The van der Waals surface area contributed by atoms with Gasteiger partial charge in [-0.05, 0) is 60.9 Å². The van der Waals surface area contributed by atoms with E-state index in [0.717, 1.165) is 24.3 Å². The first kappa shape index (κ1) is 23.9. The number of aryl methyl sites for hydroxylation is 1. The predicted molar refractivity (Wildman–Crippen MR) is 134 cm³/mol. The van der Waals surface area contributed by atoms with Crippen LogP contribution in [0.3, 0.4) is 0 Å². The quantitative estimate of drug-likeness (QED) is 0.348. The Morgan fingerprint density at radius 3 is 2.27 bits per heavy atom. The van der Waals surface area contributed by atoms with Gasteiger partial charge in [0.1, 0.15) is 5.75 Å². The van der Waals surface area contributed by atoms with Crippen LogP contribution in [0.1, 0.15) is 25.8 Å². The van der Waals surface area contributed by atoms with Gasteiger partial charge in [0, 0.05) is 23.0 Å². The molecule has 0 saturated heterocycles. The minimum atomic E-state index is -0.164. The summed E-state index contributed by atoms with van der Waals surface area (Å²) in [5, 5.41) is 8.79. The van der Waals surface area contributed by atoms with Crippen molar-refractivity contribution in [3.63, 3.8) is 0 Å². The molecule has 0 aromatic heterocycles. The Kier molecular flexibility index (Phi) is 8.88. The van der Waals surface area contributed by atoms with Crippen molar-refractivity contribution in [1.29, 1.82) is 0 Å². The van der Waals surface area contributed by atoms with Crippen LogP contribution in [0.2, 0.25) is 0 Å². The molecule has 6 nitrogen and oxygen atoms in total. The number of anilines is 3. The van der Waals surface area contributed by atoms with Crippen molar-refractivity contribution in [2.75, 3.05) is 29.1 Å². The van der Waals surface area contributed by atoms with Crippen molar-refractivity contribution in [2.45, 2.75) is 26.7 Å². The molecule has 0 spiro atoms. The van der Waals surface area contributed by atoms with Gasteiger partial charge in [0.2, 0.25) is 11.8 Å². The van der Waals surface area contributed by atoms with Crippen molar-refractivity contribution in [2.24, 2.45) is 5.92 Å². The number of carbonyl (C=O) groups is 2. The number of rotatable bonds is 11. The van der Waals surface area contributed by atoms with Gasteiger partial charge in [0.25, 0.3) is 0 Å². The van der Waals surface area contributed by atoms with Crippen LogP contribution in [-0.4, -0.2) is 25.0 Å². The fourth-order valence-electron chi connectivity index (χ4n) is 3.13. The van der Waals surface area contributed by atoms with Gasteiger partial charge >= 0.3 is 0 Å². The summed E-state index contributed by atoms with van der Waals surface area (Å²) >= 11 is 0. The maximum absolute atomic E-state index is 12.3. The van der Waals surface area contributed by atoms with Crippen molar-refractivity contribution in [3.05, 3.63) is 84.4 Å². The van der Waals surface area contributed by atoms with Gasteiger partial charge in [-0.3, -0.25) is 9.59 Å². The lowest BCUT2D eigenvalue weighted by Crippen LogP contribution is -2.22. The molecule has 172 valence electrons. The number of benzene rings is 3. The molecule has 3 rings (SSSR count). The first-order valence-electron chi connectivity index (χ1n) is 11.2. The van der Waals surface area contributed by atoms with Crippen LogP contribution in [0.25, 0.3) is 0 Å². The topological polar surface area (TPSA) is 79.5 Å². The van der Waals surface area contributed by atoms with Gasteiger partial charge in [-0.1, -0.05) is 50.2 Å². The summed E-state index contributed by atoms with van der Waals surface area (Å²) < 4.78 is 5.79. The van der Waals surface area contributed by atoms with Gasteiger partial charge in [-0.25, -0.2) is 0 Å². The second-order valence-electron chi connectivity index (χ2n) is 8.09. The van der Waals surface area contributed by atoms with Gasteiger partial charge in [0.15, 0.2) is 0 Å². The zero-order valence-corrected chi connectivity index (χ0v) is 19.1. The molecule has 0 aliphatic rings. The number of ether oxygens (including phenoxy) is 1. The van der Waals surface area contributed by atoms with E-state index in [9.17, 15) is 9.59 Å². The normalized spacial score (nSPS) is 10.5. The Morgan fingerprint density at radius 2 is 1.55 bits per heavy atom. The first-order chi connectivity index (χ1) is 16.0. The van der Waals surface area contributed by atoms with E-state index in [4.69, 9.17) is 4.74 Å². The van der Waals surface area contributed by atoms with E-state index in [-0.39, 0.29) is 24.3 Å². The average molecular weight is 446 g/mol. The Morgan fingerprint density at radius 1 is 0.818 bits per heavy atom. The standard InChI is InChI=1S/C27H31N3O3/c1-20(2)27(32)30-24-12-6-11-23(18-24)28-19-26(31)29-22-13-15-25(16-14-22)33-17-7-10-21-8-4-3-5-9-21/h3-6,8-9,11-16,18,20,28H,7,10,17,19H2,1-2H3,(H,29,31)(H,30,32). The molecule has 0 atom stereocenters. The van der Waals surface area contributed by atoms with E-state index in [1.54, 1.807) is 6.07 Å². The zero-order chi connectivity index (χ0) is 23.5. The summed E-state index contributed by atoms with van der Waals surface area (Å²) in [6.45, 7) is 4.43. The summed E-state index contributed by atoms with van der Waals surface area (Å²) in [6, 6.07) is 25.0. The summed E-state index contributed by atoms with van der Waals surface area (Å²) in [5.74, 6) is 0.467. The monoisotopic (exact) mass is 445 g/mol. The van der Waals surface area contributed by atoms with Crippen LogP contribution in [0, 0.1) is 5.92 Å². The Balaban J connectivity index is 1.39. The molecule has 2 amide bonds. The summed E-state index contributed by atoms with van der Waals surface area (Å²) in [5.41, 5.74) is 3.46. The van der Waals surface area contributed by atoms with E-state index in [1.165, 1.54) is 5.56 Å². The molecule has 0 aliphatic carbocycles. The minimum absolute atomic E-state index is 0.0477. The molecule has 6 heteroatoms. The minimum Gasteiger partial charge on any atom is -0.494 e. The third-order valence-corrected chi connectivity index (χ3v) is 4.97. The predicted octanol–water partition coefficient (Wildman–Crippen LogP) is 5.34. The average Bonchev–Trinajstić information content (AvgIpc) is 2.82. The summed E-state index contributed by atoms with van der Waals surface area (Å²) in [6.07, 6.45) is 1.92. The highest BCUT2D eigenvalue weighted by molar-refractivity contribution is 5.94. The summed E-state index contributed by atoms with van der Waals surface area (Å²) in [4.78, 5) is 24.1. The van der Waals surface area contributed by atoms with Crippen molar-refractivity contribution in [3.8, 4) is 5.75 Å². The largest absolute Gasteiger partial charge is 0.494 e. The van der Waals surface area contributed by atoms with Crippen molar-refractivity contribution >= 4 is 28.9 Å². The maximum atomic E-state index is 12.3. The molecule has 33 heavy (non-hydrogen) atoms. The Labute approximate surface area is 195 Å². The van der Waals surface area contributed by atoms with Crippen LogP contribution in [-0.2, 0) is 16.0 Å². The molecule has 3 aromatic carbocycles. The van der Waals surface area contributed by atoms with Crippen molar-refractivity contribution < 1.29 is 14.3 Å². The second-order valence-corrected chi connectivity index (χ2v) is 8.09. The molecule has 0 aliphatic heterocycles. The highest BCUT2D eigenvalue weighted by atomic mass is 16.5. The molecule has 0 radical (unpaired) electrons. The molecule has 0 unspecified atom stereocenters. The first-order valence-corrected chi connectivity index (χ1v) is 11.2. The molecule has 3 aromatic rings. The van der Waals surface area contributed by atoms with E-state index in [2.05, 4.69) is 28.1 Å². The van der Waals surface area contributed by atoms with Crippen LogP contribution in [0.5, 0.6) is 5.75 Å². The lowest BCUT2D eigenvalue weighted by atomic mass is 10.1. The van der Waals surface area contributed by atoms with E-state index < -0.39 is 0 Å². The summed E-state index contributed by atoms with van der Waals surface area (Å²) in [7, 11) is 0. The molecular formula is C27H31N3O3. The van der Waals surface area contributed by atoms with Gasteiger partial charge in [-0.2, -0.15) is 0 Å². The highest BCUT2D eigenvalue weighted by Gasteiger charge is 2.08. The molecule has 0 heterocycles. The highest BCUT2D eigenvalue weighted by Crippen LogP contribution is 2.18. The van der Waals surface area contributed by atoms with E-state index >= 15 is 0 Å². The molecule has 0 saturated carbocycles. The lowest BCUT2D eigenvalue weighted by molar-refractivity contribution is -0.119. The van der Waals surface area contributed by atoms with Crippen molar-refractivity contribution in [1.82, 2.24) is 0 Å². The van der Waals surface area contributed by atoms with Gasteiger partial charge in [-0.15, -0.1) is 0 Å². The third-order valence-electron chi connectivity index (χ3n) is 4.97. The van der Waals surface area contributed by atoms with Gasteiger partial charge in [0.05, 0.1) is 13.2 Å². The fourth-order valence-corrected chi connectivity index (χ4v) is 3.13.